The number of carbonyl (C=O) groups is 2. The molecule has 0 aliphatic carbocycles. The molecule has 0 atom stereocenters. The number of benzene rings is 2. The van der Waals surface area contributed by atoms with E-state index in [1.165, 1.54) is 24.3 Å². The molecule has 3 N–H and O–H groups in total. The summed E-state index contributed by atoms with van der Waals surface area (Å²) in [5, 5.41) is 5.45. The van der Waals surface area contributed by atoms with E-state index in [1.54, 1.807) is 12.1 Å². The molecule has 0 radical (unpaired) electrons. The van der Waals surface area contributed by atoms with Gasteiger partial charge in [0.2, 0.25) is 5.91 Å². The molecule has 0 fully saturated rings. The molecule has 0 spiro atoms. The fourth-order valence-electron chi connectivity index (χ4n) is 2.04. The van der Waals surface area contributed by atoms with Crippen LogP contribution in [0, 0.1) is 10.5 Å². The fourth-order valence-corrected chi connectivity index (χ4v) is 3.75. The number of rotatable bonds is 4. The lowest BCUT2D eigenvalue weighted by atomic mass is 10.1. The summed E-state index contributed by atoms with van der Waals surface area (Å²) in [4.78, 5) is 23.1. The Morgan fingerprint density at radius 3 is 2.26 bits per heavy atom. The maximum Gasteiger partial charge on any atom is 0.264 e. The van der Waals surface area contributed by atoms with Crippen LogP contribution in [0.4, 0.5) is 5.69 Å². The summed E-state index contributed by atoms with van der Waals surface area (Å²) in [7, 11) is -3.90. The van der Waals surface area contributed by atoms with Crippen LogP contribution in [0.25, 0.3) is 0 Å². The Bertz CT molecular complexity index is 1010. The zero-order valence-electron chi connectivity index (χ0n) is 14.4. The van der Waals surface area contributed by atoms with Gasteiger partial charge in [-0.25, -0.2) is 13.1 Å². The van der Waals surface area contributed by atoms with Gasteiger partial charge in [-0.05, 0) is 83.7 Å². The summed E-state index contributed by atoms with van der Waals surface area (Å²) in [6.07, 6.45) is 0. The quantitative estimate of drug-likeness (QED) is 0.426. The van der Waals surface area contributed by atoms with Gasteiger partial charge in [-0.15, -0.1) is 0 Å². The average molecular weight is 517 g/mol. The molecule has 2 amide bonds. The Kier molecular flexibility index (Phi) is 6.89. The van der Waals surface area contributed by atoms with Crippen LogP contribution in [0.3, 0.4) is 0 Å². The third-order valence-electron chi connectivity index (χ3n) is 3.36. The molecule has 0 saturated heterocycles. The highest BCUT2D eigenvalue weighted by atomic mass is 127. The van der Waals surface area contributed by atoms with Crippen molar-refractivity contribution in [2.45, 2.75) is 18.7 Å². The number of sulfonamides is 1. The number of hydrogen-bond acceptors (Lipinski definition) is 5. The van der Waals surface area contributed by atoms with Gasteiger partial charge in [0, 0.05) is 21.7 Å². The number of hydrogen-bond donors (Lipinski definition) is 3. The van der Waals surface area contributed by atoms with Gasteiger partial charge in [0.25, 0.3) is 15.9 Å². The van der Waals surface area contributed by atoms with Gasteiger partial charge in [-0.2, -0.15) is 0 Å². The molecule has 142 valence electrons. The highest BCUT2D eigenvalue weighted by molar-refractivity contribution is 14.1. The van der Waals surface area contributed by atoms with Crippen molar-refractivity contribution in [3.8, 4) is 0 Å². The minimum absolute atomic E-state index is 0.0626. The summed E-state index contributed by atoms with van der Waals surface area (Å²) >= 11 is 7.26. The third kappa shape index (κ3) is 5.97. The molecule has 7 nitrogen and oxygen atoms in total. The largest absolute Gasteiger partial charge is 0.332 e. The van der Waals surface area contributed by atoms with Gasteiger partial charge in [0.05, 0.1) is 4.90 Å². The monoisotopic (exact) mass is 517 g/mol. The number of anilines is 1. The smallest absolute Gasteiger partial charge is 0.264 e. The van der Waals surface area contributed by atoms with E-state index in [-0.39, 0.29) is 15.9 Å². The molecular weight excluding hydrogens is 501 g/mol. The normalized spacial score (nSPS) is 10.8. The van der Waals surface area contributed by atoms with Crippen LogP contribution in [0.2, 0.25) is 0 Å². The summed E-state index contributed by atoms with van der Waals surface area (Å²) in [6.45, 7) is 3.06. The molecular formula is C17H16IN3O4S2. The van der Waals surface area contributed by atoms with Crippen LogP contribution in [-0.4, -0.2) is 25.3 Å². The zero-order valence-corrected chi connectivity index (χ0v) is 18.2. The van der Waals surface area contributed by atoms with E-state index >= 15 is 0 Å². The first kappa shape index (κ1) is 21.3. The SMILES string of the molecule is CC(=O)NS(=O)(=O)c1ccc(NC(=S)NC(=O)c2ccc(C)c(I)c2)cc1. The van der Waals surface area contributed by atoms with Gasteiger partial charge >= 0.3 is 0 Å². The summed E-state index contributed by atoms with van der Waals surface area (Å²) in [6, 6.07) is 10.9. The Morgan fingerprint density at radius 1 is 1.07 bits per heavy atom. The van der Waals surface area contributed by atoms with Crippen LogP contribution >= 0.6 is 34.8 Å². The number of halogens is 1. The van der Waals surface area contributed by atoms with Crippen molar-refractivity contribution in [2.24, 2.45) is 0 Å². The summed E-state index contributed by atoms with van der Waals surface area (Å²) in [5.41, 5.74) is 2.04. The Labute approximate surface area is 176 Å². The molecule has 0 aliphatic heterocycles. The highest BCUT2D eigenvalue weighted by Crippen LogP contribution is 2.15. The van der Waals surface area contributed by atoms with E-state index in [2.05, 4.69) is 33.2 Å². The Hall–Kier alpha value is -2.05. The predicted molar refractivity (Wildman–Crippen MR) is 115 cm³/mol. The molecule has 2 rings (SSSR count). The van der Waals surface area contributed by atoms with Crippen molar-refractivity contribution in [3.05, 3.63) is 57.2 Å². The van der Waals surface area contributed by atoms with Crippen molar-refractivity contribution in [1.29, 1.82) is 0 Å². The van der Waals surface area contributed by atoms with Crippen LogP contribution in [0.5, 0.6) is 0 Å². The molecule has 0 unspecified atom stereocenters. The van der Waals surface area contributed by atoms with Crippen molar-refractivity contribution in [1.82, 2.24) is 10.0 Å². The van der Waals surface area contributed by atoms with Crippen LogP contribution in [0.15, 0.2) is 47.4 Å². The molecule has 0 aromatic heterocycles. The molecule has 0 bridgehead atoms. The highest BCUT2D eigenvalue weighted by Gasteiger charge is 2.15. The lowest BCUT2D eigenvalue weighted by Crippen LogP contribution is -2.34. The first-order valence-electron chi connectivity index (χ1n) is 7.60. The molecule has 2 aromatic rings. The summed E-state index contributed by atoms with van der Waals surface area (Å²) < 4.78 is 26.6. The van der Waals surface area contributed by atoms with Crippen molar-refractivity contribution in [2.75, 3.05) is 5.32 Å². The van der Waals surface area contributed by atoms with Crippen LogP contribution in [0.1, 0.15) is 22.8 Å². The fraction of sp³-hybridized carbons (Fsp3) is 0.118. The molecule has 27 heavy (non-hydrogen) atoms. The summed E-state index contributed by atoms with van der Waals surface area (Å²) in [5.74, 6) is -1.03. The second-order valence-corrected chi connectivity index (χ2v) is 8.81. The molecule has 2 aromatic carbocycles. The van der Waals surface area contributed by atoms with E-state index < -0.39 is 15.9 Å². The standard InChI is InChI=1S/C17H16IN3O4S2/c1-10-3-4-12(9-15(10)18)16(23)20-17(26)19-13-5-7-14(8-6-13)27(24,25)21-11(2)22/h3-9H,1-2H3,(H,21,22)(H2,19,20,23,26). The van der Waals surface area contributed by atoms with E-state index in [4.69, 9.17) is 12.2 Å². The second kappa shape index (κ2) is 8.76. The van der Waals surface area contributed by atoms with Gasteiger partial charge in [-0.3, -0.25) is 14.9 Å². The molecule has 10 heteroatoms. The molecule has 0 aliphatic rings. The lowest BCUT2D eigenvalue weighted by Gasteiger charge is -2.11. The third-order valence-corrected chi connectivity index (χ3v) is 6.18. The Morgan fingerprint density at radius 2 is 1.70 bits per heavy atom. The van der Waals surface area contributed by atoms with Crippen molar-refractivity contribution in [3.63, 3.8) is 0 Å². The first-order valence-corrected chi connectivity index (χ1v) is 10.6. The van der Waals surface area contributed by atoms with Crippen LogP contribution in [-0.2, 0) is 14.8 Å². The molecule has 0 heterocycles. The molecule has 0 saturated carbocycles. The predicted octanol–water partition coefficient (Wildman–Crippen LogP) is 2.55. The number of thiocarbonyl (C=S) groups is 1. The van der Waals surface area contributed by atoms with Crippen molar-refractivity contribution < 1.29 is 18.0 Å². The van der Waals surface area contributed by atoms with Gasteiger partial charge in [-0.1, -0.05) is 6.07 Å². The zero-order chi connectivity index (χ0) is 20.2. The number of amides is 2. The maximum absolute atomic E-state index is 12.2. The average Bonchev–Trinajstić information content (AvgIpc) is 2.56. The van der Waals surface area contributed by atoms with Gasteiger partial charge in [0.15, 0.2) is 5.11 Å². The lowest BCUT2D eigenvalue weighted by molar-refractivity contribution is -0.117. The topological polar surface area (TPSA) is 104 Å². The number of nitrogens with one attached hydrogen (secondary N) is 3. The van der Waals surface area contributed by atoms with Crippen LogP contribution < -0.4 is 15.4 Å². The van der Waals surface area contributed by atoms with E-state index in [0.717, 1.165) is 16.1 Å². The first-order chi connectivity index (χ1) is 12.6. The number of carbonyl (C=O) groups excluding carboxylic acids is 2. The van der Waals surface area contributed by atoms with Gasteiger partial charge in [0.1, 0.15) is 0 Å². The van der Waals surface area contributed by atoms with Crippen molar-refractivity contribution >= 4 is 67.4 Å². The minimum atomic E-state index is -3.90. The number of aryl methyl sites for hydroxylation is 1. The van der Waals surface area contributed by atoms with Gasteiger partial charge < -0.3 is 5.32 Å². The minimum Gasteiger partial charge on any atom is -0.332 e. The van der Waals surface area contributed by atoms with E-state index in [1.807, 2.05) is 17.7 Å². The van der Waals surface area contributed by atoms with E-state index in [9.17, 15) is 18.0 Å². The Balaban J connectivity index is 2.02. The van der Waals surface area contributed by atoms with E-state index in [0.29, 0.717) is 11.3 Å². The maximum atomic E-state index is 12.2. The second-order valence-electron chi connectivity index (χ2n) is 5.56.